The number of halogens is 4. The molecule has 0 spiro atoms. The molecule has 0 aliphatic carbocycles. The molecule has 1 aromatic carbocycles. The second-order valence-electron chi connectivity index (χ2n) is 4.39. The maximum atomic E-state index is 13.9. The van der Waals surface area contributed by atoms with E-state index in [9.17, 15) is 22.4 Å². The molecule has 0 fully saturated rings. The van der Waals surface area contributed by atoms with Gasteiger partial charge in [0.2, 0.25) is 0 Å². The van der Waals surface area contributed by atoms with E-state index in [1.807, 2.05) is 6.26 Å². The van der Waals surface area contributed by atoms with Gasteiger partial charge in [0.05, 0.1) is 11.1 Å². The Bertz CT molecular complexity index is 490. The van der Waals surface area contributed by atoms with Crippen LogP contribution in [0.4, 0.5) is 17.6 Å². The van der Waals surface area contributed by atoms with Crippen LogP contribution in [0.5, 0.6) is 0 Å². The zero-order chi connectivity index (χ0) is 15.5. The predicted octanol–water partition coefficient (Wildman–Crippen LogP) is 3.67. The summed E-state index contributed by atoms with van der Waals surface area (Å²) in [4.78, 5) is 13.3. The van der Waals surface area contributed by atoms with Crippen LogP contribution in [0.2, 0.25) is 0 Å². The van der Waals surface area contributed by atoms with Gasteiger partial charge in [-0.3, -0.25) is 4.79 Å². The van der Waals surface area contributed by atoms with Crippen LogP contribution in [-0.4, -0.2) is 35.9 Å². The second kappa shape index (κ2) is 6.47. The summed E-state index contributed by atoms with van der Waals surface area (Å²) >= 11 is 1.49. The van der Waals surface area contributed by atoms with Crippen LogP contribution < -0.4 is 0 Å². The number of hydrogen-bond donors (Lipinski definition) is 0. The Morgan fingerprint density at radius 3 is 2.50 bits per heavy atom. The molecule has 0 aliphatic rings. The first-order valence-electron chi connectivity index (χ1n) is 5.82. The van der Waals surface area contributed by atoms with Gasteiger partial charge >= 0.3 is 6.18 Å². The van der Waals surface area contributed by atoms with Crippen LogP contribution in [0.25, 0.3) is 0 Å². The predicted molar refractivity (Wildman–Crippen MR) is 71.3 cm³/mol. The number of alkyl halides is 3. The molecule has 0 heterocycles. The summed E-state index contributed by atoms with van der Waals surface area (Å²) in [6, 6.07) is 2.52. The minimum atomic E-state index is -4.82. The third-order valence-electron chi connectivity index (χ3n) is 2.92. The Morgan fingerprint density at radius 1 is 1.40 bits per heavy atom. The summed E-state index contributed by atoms with van der Waals surface area (Å²) in [5, 5.41) is 0. The summed E-state index contributed by atoms with van der Waals surface area (Å²) in [5.74, 6) is -1.66. The molecule has 1 amide bonds. The Balaban J connectivity index is 3.12. The molecular formula is C13H15F4NOS. The normalized spacial score (nSPS) is 13.2. The molecule has 1 unspecified atom stereocenters. The van der Waals surface area contributed by atoms with Gasteiger partial charge in [-0.2, -0.15) is 24.9 Å². The molecule has 7 heteroatoms. The Kier molecular flexibility index (Phi) is 5.44. The number of carbonyl (C=O) groups is 1. The molecule has 0 aromatic heterocycles. The van der Waals surface area contributed by atoms with Crippen LogP contribution in [0.15, 0.2) is 18.2 Å². The number of thioether (sulfide) groups is 1. The number of benzene rings is 1. The van der Waals surface area contributed by atoms with E-state index in [1.54, 1.807) is 6.92 Å². The van der Waals surface area contributed by atoms with E-state index in [0.717, 1.165) is 12.1 Å². The first-order chi connectivity index (χ1) is 9.20. The van der Waals surface area contributed by atoms with Crippen molar-refractivity contribution in [1.82, 2.24) is 4.90 Å². The lowest BCUT2D eigenvalue weighted by Gasteiger charge is -2.25. The highest BCUT2D eigenvalue weighted by Crippen LogP contribution is 2.32. The maximum absolute atomic E-state index is 13.9. The van der Waals surface area contributed by atoms with Crippen molar-refractivity contribution in [3.63, 3.8) is 0 Å². The number of amides is 1. The largest absolute Gasteiger partial charge is 0.419 e. The molecule has 0 bridgehead atoms. The van der Waals surface area contributed by atoms with E-state index < -0.39 is 29.0 Å². The fourth-order valence-electron chi connectivity index (χ4n) is 1.66. The van der Waals surface area contributed by atoms with Gasteiger partial charge in [-0.05, 0) is 25.3 Å². The number of nitrogens with zero attached hydrogens (tertiary/aromatic N) is 1. The highest BCUT2D eigenvalue weighted by atomic mass is 32.2. The number of rotatable bonds is 4. The minimum absolute atomic E-state index is 0.202. The first kappa shape index (κ1) is 16.8. The van der Waals surface area contributed by atoms with Gasteiger partial charge in [0.15, 0.2) is 0 Å². The zero-order valence-corrected chi connectivity index (χ0v) is 12.1. The van der Waals surface area contributed by atoms with Crippen LogP contribution in [0.3, 0.4) is 0 Å². The molecule has 0 aliphatic heterocycles. The van der Waals surface area contributed by atoms with E-state index in [-0.39, 0.29) is 6.04 Å². The molecule has 0 radical (unpaired) electrons. The van der Waals surface area contributed by atoms with Gasteiger partial charge in [-0.1, -0.05) is 6.07 Å². The quantitative estimate of drug-likeness (QED) is 0.791. The lowest BCUT2D eigenvalue weighted by atomic mass is 10.1. The molecule has 112 valence electrons. The standard InChI is InChI=1S/C13H15F4NOS/c1-8(7-20-3)18(2)12(19)9-5-4-6-10(11(9)14)13(15,16)17/h4-6,8H,7H2,1-3H3. The van der Waals surface area contributed by atoms with Gasteiger partial charge in [0.25, 0.3) is 5.91 Å². The van der Waals surface area contributed by atoms with Crippen molar-refractivity contribution < 1.29 is 22.4 Å². The fraction of sp³-hybridized carbons (Fsp3) is 0.462. The summed E-state index contributed by atoms with van der Waals surface area (Å²) in [6.45, 7) is 1.75. The van der Waals surface area contributed by atoms with Crippen LogP contribution in [0.1, 0.15) is 22.8 Å². The van der Waals surface area contributed by atoms with Crippen molar-refractivity contribution in [2.24, 2.45) is 0 Å². The van der Waals surface area contributed by atoms with Crippen LogP contribution >= 0.6 is 11.8 Å². The van der Waals surface area contributed by atoms with Crippen molar-refractivity contribution in [2.75, 3.05) is 19.1 Å². The minimum Gasteiger partial charge on any atom is -0.338 e. The summed E-state index contributed by atoms with van der Waals surface area (Å²) in [7, 11) is 1.45. The molecule has 0 saturated heterocycles. The molecule has 2 nitrogen and oxygen atoms in total. The Morgan fingerprint density at radius 2 is 2.00 bits per heavy atom. The highest BCUT2D eigenvalue weighted by Gasteiger charge is 2.36. The summed E-state index contributed by atoms with van der Waals surface area (Å²) < 4.78 is 51.7. The first-order valence-corrected chi connectivity index (χ1v) is 7.21. The molecule has 1 atom stereocenters. The molecule has 0 N–H and O–H groups in total. The van der Waals surface area contributed by atoms with Gasteiger partial charge in [0.1, 0.15) is 5.82 Å². The van der Waals surface area contributed by atoms with E-state index in [1.165, 1.54) is 23.7 Å². The van der Waals surface area contributed by atoms with E-state index in [0.29, 0.717) is 11.8 Å². The zero-order valence-electron chi connectivity index (χ0n) is 11.3. The topological polar surface area (TPSA) is 20.3 Å². The SMILES string of the molecule is CSCC(C)N(C)C(=O)c1cccc(C(F)(F)F)c1F. The summed E-state index contributed by atoms with van der Waals surface area (Å²) in [5.41, 5.74) is -1.98. The lowest BCUT2D eigenvalue weighted by molar-refractivity contribution is -0.140. The van der Waals surface area contributed by atoms with Gasteiger partial charge in [-0.15, -0.1) is 0 Å². The van der Waals surface area contributed by atoms with Crippen molar-refractivity contribution >= 4 is 17.7 Å². The van der Waals surface area contributed by atoms with Crippen molar-refractivity contribution in [2.45, 2.75) is 19.1 Å². The fourth-order valence-corrected chi connectivity index (χ4v) is 2.37. The van der Waals surface area contributed by atoms with Gasteiger partial charge in [0, 0.05) is 18.8 Å². The number of carbonyl (C=O) groups excluding carboxylic acids is 1. The third kappa shape index (κ3) is 3.65. The van der Waals surface area contributed by atoms with Crippen molar-refractivity contribution in [3.05, 3.63) is 35.1 Å². The third-order valence-corrected chi connectivity index (χ3v) is 3.74. The van der Waals surface area contributed by atoms with E-state index >= 15 is 0 Å². The maximum Gasteiger partial charge on any atom is 0.419 e. The molecule has 0 saturated carbocycles. The molecule has 1 rings (SSSR count). The highest BCUT2D eigenvalue weighted by molar-refractivity contribution is 7.98. The Hall–Kier alpha value is -1.24. The monoisotopic (exact) mass is 309 g/mol. The summed E-state index contributed by atoms with van der Waals surface area (Å²) in [6.07, 6.45) is -2.97. The van der Waals surface area contributed by atoms with Crippen LogP contribution in [0, 0.1) is 5.82 Å². The molecule has 20 heavy (non-hydrogen) atoms. The average molecular weight is 309 g/mol. The van der Waals surface area contributed by atoms with Gasteiger partial charge < -0.3 is 4.90 Å². The van der Waals surface area contributed by atoms with Crippen LogP contribution in [-0.2, 0) is 6.18 Å². The average Bonchev–Trinajstić information content (AvgIpc) is 2.36. The van der Waals surface area contributed by atoms with E-state index in [4.69, 9.17) is 0 Å². The van der Waals surface area contributed by atoms with Crippen molar-refractivity contribution in [1.29, 1.82) is 0 Å². The Labute approximate surface area is 119 Å². The smallest absolute Gasteiger partial charge is 0.338 e. The van der Waals surface area contributed by atoms with E-state index in [2.05, 4.69) is 0 Å². The molecule has 1 aromatic rings. The molecular weight excluding hydrogens is 294 g/mol. The lowest BCUT2D eigenvalue weighted by Crippen LogP contribution is -2.37. The van der Waals surface area contributed by atoms with Gasteiger partial charge in [-0.25, -0.2) is 4.39 Å². The number of hydrogen-bond acceptors (Lipinski definition) is 2. The second-order valence-corrected chi connectivity index (χ2v) is 5.30. The van der Waals surface area contributed by atoms with Crippen molar-refractivity contribution in [3.8, 4) is 0 Å².